The third-order valence-electron chi connectivity index (χ3n) is 2.23. The standard InChI is InChI=1S/C8H12N4O/c13-7-1-3-12(4-2-7)8-10-5-9-6-11-8/h5-7,13H,1-4H2. The fraction of sp³-hybridized carbons (Fsp3) is 0.625. The zero-order chi connectivity index (χ0) is 9.10. The summed E-state index contributed by atoms with van der Waals surface area (Å²) in [6, 6.07) is 0. The first-order valence-corrected chi connectivity index (χ1v) is 4.41. The normalized spacial score (nSPS) is 19.0. The van der Waals surface area contributed by atoms with E-state index in [9.17, 15) is 5.11 Å². The first-order chi connectivity index (χ1) is 6.36. The van der Waals surface area contributed by atoms with Gasteiger partial charge in [0.05, 0.1) is 6.10 Å². The fourth-order valence-electron chi connectivity index (χ4n) is 1.46. The highest BCUT2D eigenvalue weighted by atomic mass is 16.3. The summed E-state index contributed by atoms with van der Waals surface area (Å²) in [6.45, 7) is 1.65. The zero-order valence-corrected chi connectivity index (χ0v) is 7.30. The molecule has 0 bridgehead atoms. The van der Waals surface area contributed by atoms with Crippen LogP contribution in [0.3, 0.4) is 0 Å². The lowest BCUT2D eigenvalue weighted by Crippen LogP contribution is -2.36. The summed E-state index contributed by atoms with van der Waals surface area (Å²) in [5, 5.41) is 9.29. The monoisotopic (exact) mass is 180 g/mol. The van der Waals surface area contributed by atoms with Crippen molar-refractivity contribution in [2.75, 3.05) is 18.0 Å². The van der Waals surface area contributed by atoms with Gasteiger partial charge in [0.15, 0.2) is 0 Å². The molecule has 0 radical (unpaired) electrons. The molecule has 0 atom stereocenters. The van der Waals surface area contributed by atoms with Crippen molar-refractivity contribution in [2.24, 2.45) is 0 Å². The predicted molar refractivity (Wildman–Crippen MR) is 47.3 cm³/mol. The SMILES string of the molecule is OC1CCN(c2ncncn2)CC1. The molecule has 70 valence electrons. The molecule has 0 saturated carbocycles. The maximum atomic E-state index is 9.29. The van der Waals surface area contributed by atoms with Crippen LogP contribution in [0.25, 0.3) is 0 Å². The van der Waals surface area contributed by atoms with E-state index in [-0.39, 0.29) is 6.10 Å². The molecular weight excluding hydrogens is 168 g/mol. The molecule has 5 heteroatoms. The Bertz CT molecular complexity index is 258. The van der Waals surface area contributed by atoms with Crippen molar-refractivity contribution in [1.29, 1.82) is 0 Å². The predicted octanol–water partition coefficient (Wildman–Crippen LogP) is -0.167. The van der Waals surface area contributed by atoms with Gasteiger partial charge in [0.1, 0.15) is 12.7 Å². The fourth-order valence-corrected chi connectivity index (χ4v) is 1.46. The van der Waals surface area contributed by atoms with Crippen molar-refractivity contribution in [3.63, 3.8) is 0 Å². The summed E-state index contributed by atoms with van der Waals surface area (Å²) >= 11 is 0. The van der Waals surface area contributed by atoms with Crippen molar-refractivity contribution >= 4 is 5.95 Å². The van der Waals surface area contributed by atoms with Crippen LogP contribution in [-0.2, 0) is 0 Å². The molecule has 5 nitrogen and oxygen atoms in total. The lowest BCUT2D eigenvalue weighted by atomic mass is 10.1. The highest BCUT2D eigenvalue weighted by Crippen LogP contribution is 2.14. The molecule has 13 heavy (non-hydrogen) atoms. The molecule has 1 fully saturated rings. The maximum Gasteiger partial charge on any atom is 0.228 e. The summed E-state index contributed by atoms with van der Waals surface area (Å²) in [5.74, 6) is 0.710. The molecule has 1 N–H and O–H groups in total. The minimum atomic E-state index is -0.155. The number of anilines is 1. The largest absolute Gasteiger partial charge is 0.393 e. The molecular formula is C8H12N4O. The third kappa shape index (κ3) is 1.92. The van der Waals surface area contributed by atoms with Crippen LogP contribution in [-0.4, -0.2) is 39.3 Å². The van der Waals surface area contributed by atoms with E-state index in [0.29, 0.717) is 5.95 Å². The smallest absolute Gasteiger partial charge is 0.228 e. The topological polar surface area (TPSA) is 62.1 Å². The molecule has 0 unspecified atom stereocenters. The molecule has 0 spiro atoms. The van der Waals surface area contributed by atoms with E-state index in [1.54, 1.807) is 0 Å². The van der Waals surface area contributed by atoms with E-state index >= 15 is 0 Å². The first kappa shape index (κ1) is 8.37. The van der Waals surface area contributed by atoms with Crippen molar-refractivity contribution < 1.29 is 5.11 Å². The summed E-state index contributed by atoms with van der Waals surface area (Å²) < 4.78 is 0. The van der Waals surface area contributed by atoms with Crippen molar-refractivity contribution in [3.05, 3.63) is 12.7 Å². The molecule has 0 aromatic carbocycles. The number of hydrogen-bond donors (Lipinski definition) is 1. The highest BCUT2D eigenvalue weighted by Gasteiger charge is 2.18. The zero-order valence-electron chi connectivity index (χ0n) is 7.30. The van der Waals surface area contributed by atoms with Gasteiger partial charge in [-0.3, -0.25) is 0 Å². The third-order valence-corrected chi connectivity index (χ3v) is 2.23. The van der Waals surface area contributed by atoms with E-state index in [0.717, 1.165) is 25.9 Å². The number of aliphatic hydroxyl groups excluding tert-OH is 1. The Morgan fingerprint density at radius 1 is 1.23 bits per heavy atom. The van der Waals surface area contributed by atoms with E-state index < -0.39 is 0 Å². The molecule has 0 amide bonds. The Hall–Kier alpha value is -1.23. The summed E-state index contributed by atoms with van der Waals surface area (Å²) in [5.41, 5.74) is 0. The average molecular weight is 180 g/mol. The van der Waals surface area contributed by atoms with Crippen LogP contribution in [0.15, 0.2) is 12.7 Å². The van der Waals surface area contributed by atoms with E-state index in [2.05, 4.69) is 19.9 Å². The van der Waals surface area contributed by atoms with Gasteiger partial charge < -0.3 is 10.0 Å². The lowest BCUT2D eigenvalue weighted by molar-refractivity contribution is 0.145. The number of nitrogens with zero attached hydrogens (tertiary/aromatic N) is 4. The van der Waals surface area contributed by atoms with Gasteiger partial charge in [-0.15, -0.1) is 0 Å². The summed E-state index contributed by atoms with van der Waals surface area (Å²) in [4.78, 5) is 13.9. The Morgan fingerprint density at radius 2 is 1.85 bits per heavy atom. The second-order valence-corrected chi connectivity index (χ2v) is 3.16. The van der Waals surface area contributed by atoms with Gasteiger partial charge in [0.25, 0.3) is 0 Å². The second kappa shape index (κ2) is 3.66. The van der Waals surface area contributed by atoms with Gasteiger partial charge in [0.2, 0.25) is 5.95 Å². The van der Waals surface area contributed by atoms with Crippen molar-refractivity contribution in [2.45, 2.75) is 18.9 Å². The Labute approximate surface area is 76.5 Å². The summed E-state index contributed by atoms with van der Waals surface area (Å²) in [7, 11) is 0. The Kier molecular flexibility index (Phi) is 2.35. The molecule has 0 aliphatic carbocycles. The highest BCUT2D eigenvalue weighted by molar-refractivity contribution is 5.27. The van der Waals surface area contributed by atoms with Crippen LogP contribution < -0.4 is 4.90 Å². The van der Waals surface area contributed by atoms with Crippen LogP contribution >= 0.6 is 0 Å². The average Bonchev–Trinajstić information content (AvgIpc) is 2.20. The lowest BCUT2D eigenvalue weighted by Gasteiger charge is -2.29. The van der Waals surface area contributed by atoms with Gasteiger partial charge in [-0.1, -0.05) is 0 Å². The molecule has 1 aromatic heterocycles. The van der Waals surface area contributed by atoms with Gasteiger partial charge >= 0.3 is 0 Å². The Morgan fingerprint density at radius 3 is 2.46 bits per heavy atom. The van der Waals surface area contributed by atoms with Gasteiger partial charge in [-0.2, -0.15) is 0 Å². The van der Waals surface area contributed by atoms with E-state index in [1.807, 2.05) is 0 Å². The Balaban J connectivity index is 2.03. The quantitative estimate of drug-likeness (QED) is 0.650. The van der Waals surface area contributed by atoms with Crippen LogP contribution in [0, 0.1) is 0 Å². The maximum absolute atomic E-state index is 9.29. The number of aromatic nitrogens is 3. The molecule has 1 saturated heterocycles. The minimum Gasteiger partial charge on any atom is -0.393 e. The van der Waals surface area contributed by atoms with Crippen LogP contribution in [0.2, 0.25) is 0 Å². The summed E-state index contributed by atoms with van der Waals surface area (Å²) in [6.07, 6.45) is 4.43. The van der Waals surface area contributed by atoms with Crippen molar-refractivity contribution in [1.82, 2.24) is 15.0 Å². The van der Waals surface area contributed by atoms with Crippen LogP contribution in [0.4, 0.5) is 5.95 Å². The van der Waals surface area contributed by atoms with Gasteiger partial charge in [0, 0.05) is 13.1 Å². The minimum absolute atomic E-state index is 0.155. The van der Waals surface area contributed by atoms with Gasteiger partial charge in [-0.05, 0) is 12.8 Å². The second-order valence-electron chi connectivity index (χ2n) is 3.16. The molecule has 2 rings (SSSR count). The van der Waals surface area contributed by atoms with Crippen molar-refractivity contribution in [3.8, 4) is 0 Å². The van der Waals surface area contributed by atoms with Gasteiger partial charge in [-0.25, -0.2) is 15.0 Å². The van der Waals surface area contributed by atoms with E-state index in [4.69, 9.17) is 0 Å². The van der Waals surface area contributed by atoms with Crippen LogP contribution in [0.1, 0.15) is 12.8 Å². The number of aliphatic hydroxyl groups is 1. The molecule has 1 aliphatic rings. The van der Waals surface area contributed by atoms with Crippen LogP contribution in [0.5, 0.6) is 0 Å². The number of piperidine rings is 1. The molecule has 1 aromatic rings. The number of hydrogen-bond acceptors (Lipinski definition) is 5. The first-order valence-electron chi connectivity index (χ1n) is 4.41. The molecule has 2 heterocycles. The molecule has 1 aliphatic heterocycles. The van der Waals surface area contributed by atoms with E-state index in [1.165, 1.54) is 12.7 Å². The number of rotatable bonds is 1.